The molecule has 2 N–H and O–H groups in total. The van der Waals surface area contributed by atoms with Crippen molar-refractivity contribution in [1.29, 1.82) is 0 Å². The van der Waals surface area contributed by atoms with E-state index < -0.39 is 0 Å². The standard InChI is InChI=1S/C10H21N3S2.HI/c1-9(2)15-6-3-12-10(11)13-4-7-14-8-5-13;/h9H,3-8H2,1-2H3,(H2,11,12);1H. The molecule has 1 fully saturated rings. The highest BCUT2D eigenvalue weighted by molar-refractivity contribution is 14.0. The highest BCUT2D eigenvalue weighted by atomic mass is 127. The summed E-state index contributed by atoms with van der Waals surface area (Å²) in [6.07, 6.45) is 0. The lowest BCUT2D eigenvalue weighted by Gasteiger charge is -2.27. The van der Waals surface area contributed by atoms with Gasteiger partial charge in [-0.3, -0.25) is 4.99 Å². The van der Waals surface area contributed by atoms with Crippen LogP contribution in [0.25, 0.3) is 0 Å². The first-order valence-corrected chi connectivity index (χ1v) is 7.64. The first kappa shape index (κ1) is 16.7. The molecule has 0 spiro atoms. The number of aliphatic imine (C=N–C) groups is 1. The number of nitrogens with two attached hydrogens (primary N) is 1. The van der Waals surface area contributed by atoms with E-state index >= 15 is 0 Å². The van der Waals surface area contributed by atoms with E-state index in [1.165, 1.54) is 11.5 Å². The van der Waals surface area contributed by atoms with Crippen molar-refractivity contribution in [2.24, 2.45) is 10.7 Å². The van der Waals surface area contributed by atoms with E-state index in [9.17, 15) is 0 Å². The Balaban J connectivity index is 0.00000225. The zero-order valence-electron chi connectivity index (χ0n) is 10.0. The van der Waals surface area contributed by atoms with Crippen LogP contribution >= 0.6 is 47.5 Å². The Hall–Kier alpha value is 0.700. The summed E-state index contributed by atoms with van der Waals surface area (Å²) in [5.74, 6) is 4.16. The first-order chi connectivity index (χ1) is 7.20. The molecule has 16 heavy (non-hydrogen) atoms. The molecule has 3 nitrogen and oxygen atoms in total. The molecule has 0 aromatic carbocycles. The van der Waals surface area contributed by atoms with Gasteiger partial charge in [-0.15, -0.1) is 24.0 Å². The predicted octanol–water partition coefficient (Wildman–Crippen LogP) is 2.11. The van der Waals surface area contributed by atoms with Gasteiger partial charge in [0.05, 0.1) is 6.54 Å². The highest BCUT2D eigenvalue weighted by Crippen LogP contribution is 2.10. The maximum absolute atomic E-state index is 5.92. The van der Waals surface area contributed by atoms with Crippen molar-refractivity contribution in [1.82, 2.24) is 4.90 Å². The lowest BCUT2D eigenvalue weighted by Crippen LogP contribution is -2.42. The summed E-state index contributed by atoms with van der Waals surface area (Å²) in [5.41, 5.74) is 5.92. The summed E-state index contributed by atoms with van der Waals surface area (Å²) in [6, 6.07) is 0. The Morgan fingerprint density at radius 3 is 2.62 bits per heavy atom. The molecule has 0 radical (unpaired) electrons. The lowest BCUT2D eigenvalue weighted by atomic mass is 10.5. The zero-order chi connectivity index (χ0) is 11.1. The summed E-state index contributed by atoms with van der Waals surface area (Å²) in [6.45, 7) is 7.37. The summed E-state index contributed by atoms with van der Waals surface area (Å²) in [5, 5.41) is 0.688. The molecule has 1 rings (SSSR count). The van der Waals surface area contributed by atoms with Crippen molar-refractivity contribution >= 4 is 53.5 Å². The molecule has 1 aliphatic heterocycles. The normalized spacial score (nSPS) is 17.4. The van der Waals surface area contributed by atoms with Crippen LogP contribution in [0.3, 0.4) is 0 Å². The van der Waals surface area contributed by atoms with Crippen LogP contribution in [0.4, 0.5) is 0 Å². The number of nitrogens with zero attached hydrogens (tertiary/aromatic N) is 2. The molecule has 1 heterocycles. The number of hydrogen-bond acceptors (Lipinski definition) is 3. The fourth-order valence-electron chi connectivity index (χ4n) is 1.34. The molecule has 1 saturated heterocycles. The second-order valence-electron chi connectivity index (χ2n) is 3.76. The first-order valence-electron chi connectivity index (χ1n) is 5.44. The molecule has 0 aromatic heterocycles. The quantitative estimate of drug-likeness (QED) is 0.354. The fraction of sp³-hybridized carbons (Fsp3) is 0.900. The largest absolute Gasteiger partial charge is 0.370 e. The van der Waals surface area contributed by atoms with Crippen molar-refractivity contribution in [2.45, 2.75) is 19.1 Å². The molecule has 0 bridgehead atoms. The van der Waals surface area contributed by atoms with E-state index in [1.54, 1.807) is 0 Å². The van der Waals surface area contributed by atoms with Gasteiger partial charge in [-0.05, 0) is 5.25 Å². The van der Waals surface area contributed by atoms with Gasteiger partial charge in [0.2, 0.25) is 0 Å². The molecule has 0 aromatic rings. The van der Waals surface area contributed by atoms with E-state index in [1.807, 2.05) is 23.5 Å². The Morgan fingerprint density at radius 2 is 2.06 bits per heavy atom. The van der Waals surface area contributed by atoms with Gasteiger partial charge in [-0.25, -0.2) is 0 Å². The lowest BCUT2D eigenvalue weighted by molar-refractivity contribution is 0.456. The second kappa shape index (κ2) is 9.70. The van der Waals surface area contributed by atoms with Gasteiger partial charge in [-0.2, -0.15) is 23.5 Å². The maximum Gasteiger partial charge on any atom is 0.191 e. The smallest absolute Gasteiger partial charge is 0.191 e. The number of halogens is 1. The average Bonchev–Trinajstić information content (AvgIpc) is 2.25. The molecule has 0 unspecified atom stereocenters. The number of hydrogen-bond donors (Lipinski definition) is 1. The van der Waals surface area contributed by atoms with Crippen LogP contribution in [0.15, 0.2) is 4.99 Å². The Labute approximate surface area is 124 Å². The third kappa shape index (κ3) is 7.11. The Morgan fingerprint density at radius 1 is 1.44 bits per heavy atom. The Bertz CT molecular complexity index is 206. The molecule has 1 aliphatic rings. The van der Waals surface area contributed by atoms with Crippen LogP contribution < -0.4 is 5.73 Å². The molecule has 6 heteroatoms. The minimum atomic E-state index is 0. The molecular formula is C10H22IN3S2. The van der Waals surface area contributed by atoms with E-state index in [0.717, 1.165) is 31.3 Å². The number of rotatable bonds is 4. The topological polar surface area (TPSA) is 41.6 Å². The predicted molar refractivity (Wildman–Crippen MR) is 88.4 cm³/mol. The minimum absolute atomic E-state index is 0. The van der Waals surface area contributed by atoms with Gasteiger partial charge < -0.3 is 10.6 Å². The monoisotopic (exact) mass is 375 g/mol. The second-order valence-corrected chi connectivity index (χ2v) is 6.67. The van der Waals surface area contributed by atoms with Crippen LogP contribution in [0.1, 0.15) is 13.8 Å². The van der Waals surface area contributed by atoms with Gasteiger partial charge in [0.15, 0.2) is 5.96 Å². The van der Waals surface area contributed by atoms with Gasteiger partial charge in [0.25, 0.3) is 0 Å². The molecule has 0 amide bonds. The van der Waals surface area contributed by atoms with Crippen LogP contribution in [0, 0.1) is 0 Å². The zero-order valence-corrected chi connectivity index (χ0v) is 14.0. The summed E-state index contributed by atoms with van der Waals surface area (Å²) < 4.78 is 0. The summed E-state index contributed by atoms with van der Waals surface area (Å²) in [7, 11) is 0. The number of guanidine groups is 1. The SMILES string of the molecule is CC(C)SCCN=C(N)N1CCSCC1.I. The van der Waals surface area contributed by atoms with Crippen molar-refractivity contribution in [3.63, 3.8) is 0 Å². The van der Waals surface area contributed by atoms with E-state index in [-0.39, 0.29) is 24.0 Å². The number of thioether (sulfide) groups is 2. The van der Waals surface area contributed by atoms with Crippen LogP contribution in [0.2, 0.25) is 0 Å². The van der Waals surface area contributed by atoms with Crippen molar-refractivity contribution < 1.29 is 0 Å². The van der Waals surface area contributed by atoms with Gasteiger partial charge in [0, 0.05) is 30.3 Å². The van der Waals surface area contributed by atoms with Gasteiger partial charge >= 0.3 is 0 Å². The van der Waals surface area contributed by atoms with Gasteiger partial charge in [0.1, 0.15) is 0 Å². The van der Waals surface area contributed by atoms with E-state index in [2.05, 4.69) is 23.7 Å². The molecule has 0 saturated carbocycles. The molecule has 96 valence electrons. The summed E-state index contributed by atoms with van der Waals surface area (Å²) >= 11 is 3.93. The van der Waals surface area contributed by atoms with Crippen molar-refractivity contribution in [3.05, 3.63) is 0 Å². The van der Waals surface area contributed by atoms with E-state index in [0.29, 0.717) is 5.25 Å². The van der Waals surface area contributed by atoms with E-state index in [4.69, 9.17) is 5.73 Å². The molecule has 0 atom stereocenters. The Kier molecular flexibility index (Phi) is 10.1. The average molecular weight is 375 g/mol. The van der Waals surface area contributed by atoms with Gasteiger partial charge in [-0.1, -0.05) is 13.8 Å². The molecule has 0 aliphatic carbocycles. The third-order valence-electron chi connectivity index (χ3n) is 2.15. The third-order valence-corrected chi connectivity index (χ3v) is 4.18. The van der Waals surface area contributed by atoms with Crippen LogP contribution in [-0.2, 0) is 0 Å². The highest BCUT2D eigenvalue weighted by Gasteiger charge is 2.11. The maximum atomic E-state index is 5.92. The molecular weight excluding hydrogens is 353 g/mol. The fourth-order valence-corrected chi connectivity index (χ4v) is 2.91. The minimum Gasteiger partial charge on any atom is -0.370 e. The van der Waals surface area contributed by atoms with Crippen molar-refractivity contribution in [3.8, 4) is 0 Å². The van der Waals surface area contributed by atoms with Crippen LogP contribution in [0.5, 0.6) is 0 Å². The summed E-state index contributed by atoms with van der Waals surface area (Å²) in [4.78, 5) is 6.60. The van der Waals surface area contributed by atoms with Crippen molar-refractivity contribution in [2.75, 3.05) is 36.9 Å². The van der Waals surface area contributed by atoms with Crippen LogP contribution in [-0.4, -0.2) is 53.0 Å².